The van der Waals surface area contributed by atoms with E-state index in [9.17, 15) is 0 Å². The molecule has 1 aliphatic rings. The van der Waals surface area contributed by atoms with Crippen LogP contribution >= 0.6 is 0 Å². The van der Waals surface area contributed by atoms with E-state index in [2.05, 4.69) is 122 Å². The molecule has 0 aliphatic heterocycles. The van der Waals surface area contributed by atoms with Crippen LogP contribution in [0.1, 0.15) is 27.8 Å². The van der Waals surface area contributed by atoms with Crippen LogP contribution in [0.2, 0.25) is 0 Å². The molecule has 35 heavy (non-hydrogen) atoms. The molecule has 0 heterocycles. The maximum Gasteiger partial charge on any atom is 0.0714 e. The number of nitrogens with two attached hydrogens (primary N) is 1. The molecule has 0 unspecified atom stereocenters. The van der Waals surface area contributed by atoms with Gasteiger partial charge in [-0.3, -0.25) is 0 Å². The first kappa shape index (κ1) is 20.1. The Kier molecular flexibility index (Phi) is 4.19. The molecular weight excluding hydrogens is 422 g/mol. The van der Waals surface area contributed by atoms with Gasteiger partial charge in [0.2, 0.25) is 0 Å². The molecule has 1 heteroatoms. The van der Waals surface area contributed by atoms with Crippen LogP contribution in [0.4, 0.5) is 5.69 Å². The zero-order valence-electron chi connectivity index (χ0n) is 19.6. The van der Waals surface area contributed by atoms with Gasteiger partial charge in [0.05, 0.1) is 5.41 Å². The first-order valence-electron chi connectivity index (χ1n) is 12.1. The average molecular weight is 448 g/mol. The summed E-state index contributed by atoms with van der Waals surface area (Å²) in [6, 6.07) is 44.6. The van der Waals surface area contributed by atoms with E-state index in [0.717, 1.165) is 11.1 Å². The first-order chi connectivity index (χ1) is 17.1. The largest absolute Gasteiger partial charge is 0.399 e. The summed E-state index contributed by atoms with van der Waals surface area (Å²) in [5.41, 5.74) is 15.6. The monoisotopic (exact) mass is 447 g/mol. The van der Waals surface area contributed by atoms with Gasteiger partial charge in [0.15, 0.2) is 0 Å². The average Bonchev–Trinajstić information content (AvgIpc) is 3.19. The van der Waals surface area contributed by atoms with Crippen molar-refractivity contribution in [2.45, 2.75) is 12.3 Å². The second kappa shape index (κ2) is 7.32. The Bertz CT molecular complexity index is 1640. The van der Waals surface area contributed by atoms with Crippen LogP contribution in [0.3, 0.4) is 0 Å². The van der Waals surface area contributed by atoms with E-state index in [4.69, 9.17) is 5.73 Å². The standard InChI is InChI=1S/C34H25N/c1-22-10-11-24-19-27(15-12-23(24)18-22)34(28-16-13-26-21-29(35)17-14-25(26)20-28)32-8-4-2-6-30(32)31-7-3-5-9-33(31)34/h2-21H,35H2,1H3. The predicted octanol–water partition coefficient (Wildman–Crippen LogP) is 8.25. The van der Waals surface area contributed by atoms with Crippen molar-refractivity contribution >= 4 is 27.2 Å². The number of rotatable bonds is 2. The lowest BCUT2D eigenvalue weighted by atomic mass is 9.67. The van der Waals surface area contributed by atoms with Gasteiger partial charge in [-0.1, -0.05) is 103 Å². The number of fused-ring (bicyclic) bond motifs is 5. The first-order valence-corrected chi connectivity index (χ1v) is 12.1. The third-order valence-electron chi connectivity index (χ3n) is 7.68. The minimum absolute atomic E-state index is 0.401. The molecule has 6 aromatic rings. The fraction of sp³-hybridized carbons (Fsp3) is 0.0588. The maximum absolute atomic E-state index is 6.09. The summed E-state index contributed by atoms with van der Waals surface area (Å²) in [5, 5.41) is 4.91. The SMILES string of the molecule is Cc1ccc2cc(C3(c4ccc5cc(N)ccc5c4)c4ccccc4-c4ccccc43)ccc2c1. The number of anilines is 1. The van der Waals surface area contributed by atoms with Crippen molar-refractivity contribution in [1.82, 2.24) is 0 Å². The molecule has 0 amide bonds. The molecule has 0 saturated carbocycles. The summed E-state index contributed by atoms with van der Waals surface area (Å²) < 4.78 is 0. The highest BCUT2D eigenvalue weighted by atomic mass is 14.5. The molecule has 1 aliphatic carbocycles. The van der Waals surface area contributed by atoms with Gasteiger partial charge in [-0.05, 0) is 86.1 Å². The van der Waals surface area contributed by atoms with Crippen molar-refractivity contribution in [3.63, 3.8) is 0 Å². The minimum atomic E-state index is -0.401. The Hall–Kier alpha value is -4.36. The van der Waals surface area contributed by atoms with Crippen molar-refractivity contribution in [2.75, 3.05) is 5.73 Å². The lowest BCUT2D eigenvalue weighted by Crippen LogP contribution is -2.28. The van der Waals surface area contributed by atoms with E-state index >= 15 is 0 Å². The Morgan fingerprint density at radius 3 is 1.60 bits per heavy atom. The normalized spacial score (nSPS) is 13.6. The number of hydrogen-bond acceptors (Lipinski definition) is 1. The molecule has 6 aromatic carbocycles. The van der Waals surface area contributed by atoms with Gasteiger partial charge in [-0.25, -0.2) is 0 Å². The van der Waals surface area contributed by atoms with E-state index in [1.165, 1.54) is 55.1 Å². The molecule has 166 valence electrons. The Labute approximate surface area is 205 Å². The lowest BCUT2D eigenvalue weighted by Gasteiger charge is -2.34. The third kappa shape index (κ3) is 2.82. The van der Waals surface area contributed by atoms with Crippen LogP contribution in [0.25, 0.3) is 32.7 Å². The Morgan fingerprint density at radius 2 is 0.971 bits per heavy atom. The number of nitrogen functional groups attached to an aromatic ring is 1. The van der Waals surface area contributed by atoms with Crippen molar-refractivity contribution in [1.29, 1.82) is 0 Å². The molecule has 2 N–H and O–H groups in total. The van der Waals surface area contributed by atoms with Crippen LogP contribution in [-0.4, -0.2) is 0 Å². The fourth-order valence-corrected chi connectivity index (χ4v) is 6.12. The third-order valence-corrected chi connectivity index (χ3v) is 7.68. The highest BCUT2D eigenvalue weighted by molar-refractivity contribution is 5.92. The van der Waals surface area contributed by atoms with Crippen molar-refractivity contribution in [2.24, 2.45) is 0 Å². The quantitative estimate of drug-likeness (QED) is 0.265. The number of hydrogen-bond donors (Lipinski definition) is 1. The second-order valence-electron chi connectivity index (χ2n) is 9.73. The van der Waals surface area contributed by atoms with Crippen molar-refractivity contribution in [3.8, 4) is 11.1 Å². The van der Waals surface area contributed by atoms with Gasteiger partial charge in [0.1, 0.15) is 0 Å². The molecule has 1 nitrogen and oxygen atoms in total. The predicted molar refractivity (Wildman–Crippen MR) is 148 cm³/mol. The summed E-state index contributed by atoms with van der Waals surface area (Å²) in [6.07, 6.45) is 0. The van der Waals surface area contributed by atoms with Gasteiger partial charge in [0, 0.05) is 5.69 Å². The molecule has 7 rings (SSSR count). The van der Waals surface area contributed by atoms with Gasteiger partial charge < -0.3 is 5.73 Å². The molecule has 0 radical (unpaired) electrons. The Balaban J connectivity index is 1.62. The summed E-state index contributed by atoms with van der Waals surface area (Å²) >= 11 is 0. The van der Waals surface area contributed by atoms with Gasteiger partial charge in [0.25, 0.3) is 0 Å². The molecule has 0 atom stereocenters. The number of benzene rings is 6. The minimum Gasteiger partial charge on any atom is -0.399 e. The van der Waals surface area contributed by atoms with Crippen LogP contribution in [0.5, 0.6) is 0 Å². The highest BCUT2D eigenvalue weighted by Crippen LogP contribution is 2.56. The van der Waals surface area contributed by atoms with E-state index < -0.39 is 5.41 Å². The van der Waals surface area contributed by atoms with Gasteiger partial charge >= 0.3 is 0 Å². The summed E-state index contributed by atoms with van der Waals surface area (Å²) in [7, 11) is 0. The van der Waals surface area contributed by atoms with Crippen LogP contribution in [-0.2, 0) is 5.41 Å². The van der Waals surface area contributed by atoms with Gasteiger partial charge in [-0.2, -0.15) is 0 Å². The molecule has 0 bridgehead atoms. The summed E-state index contributed by atoms with van der Waals surface area (Å²) in [5.74, 6) is 0. The van der Waals surface area contributed by atoms with Gasteiger partial charge in [-0.15, -0.1) is 0 Å². The smallest absolute Gasteiger partial charge is 0.0714 e. The number of aryl methyl sites for hydroxylation is 1. The zero-order valence-corrected chi connectivity index (χ0v) is 19.6. The van der Waals surface area contributed by atoms with E-state index in [1.807, 2.05) is 6.07 Å². The summed E-state index contributed by atoms with van der Waals surface area (Å²) in [4.78, 5) is 0. The Morgan fingerprint density at radius 1 is 0.486 bits per heavy atom. The van der Waals surface area contributed by atoms with Crippen LogP contribution in [0, 0.1) is 6.92 Å². The maximum atomic E-state index is 6.09. The van der Waals surface area contributed by atoms with Crippen LogP contribution < -0.4 is 5.73 Å². The summed E-state index contributed by atoms with van der Waals surface area (Å²) in [6.45, 7) is 2.15. The van der Waals surface area contributed by atoms with Crippen molar-refractivity contribution in [3.05, 3.63) is 149 Å². The zero-order chi connectivity index (χ0) is 23.6. The molecular formula is C34H25N. The highest BCUT2D eigenvalue weighted by Gasteiger charge is 2.45. The molecule has 0 spiro atoms. The van der Waals surface area contributed by atoms with E-state index in [1.54, 1.807) is 0 Å². The molecule has 0 fully saturated rings. The van der Waals surface area contributed by atoms with Crippen LogP contribution in [0.15, 0.2) is 121 Å². The van der Waals surface area contributed by atoms with Crippen molar-refractivity contribution < 1.29 is 0 Å². The second-order valence-corrected chi connectivity index (χ2v) is 9.73. The lowest BCUT2D eigenvalue weighted by molar-refractivity contribution is 0.771. The molecule has 0 saturated heterocycles. The van der Waals surface area contributed by atoms with E-state index in [-0.39, 0.29) is 0 Å². The molecule has 0 aromatic heterocycles. The fourth-order valence-electron chi connectivity index (χ4n) is 6.12. The van der Waals surface area contributed by atoms with E-state index in [0.29, 0.717) is 0 Å². The topological polar surface area (TPSA) is 26.0 Å².